The van der Waals surface area contributed by atoms with E-state index in [-0.39, 0.29) is 11.8 Å². The van der Waals surface area contributed by atoms with E-state index in [1.165, 1.54) is 5.56 Å². The van der Waals surface area contributed by atoms with Crippen LogP contribution in [0.5, 0.6) is 11.5 Å². The van der Waals surface area contributed by atoms with E-state index < -0.39 is 0 Å². The predicted octanol–water partition coefficient (Wildman–Crippen LogP) is 4.25. The van der Waals surface area contributed by atoms with Gasteiger partial charge < -0.3 is 14.8 Å². The zero-order valence-corrected chi connectivity index (χ0v) is 17.5. The fourth-order valence-electron chi connectivity index (χ4n) is 3.23. The van der Waals surface area contributed by atoms with Crippen LogP contribution < -0.4 is 14.8 Å². The lowest BCUT2D eigenvalue weighted by Gasteiger charge is -2.14. The minimum atomic E-state index is -0.158. The summed E-state index contributed by atoms with van der Waals surface area (Å²) < 4.78 is 12.4. The van der Waals surface area contributed by atoms with Gasteiger partial charge in [-0.15, -0.1) is 0 Å². The van der Waals surface area contributed by atoms with Gasteiger partial charge in [0.15, 0.2) is 0 Å². The molecule has 3 aromatic rings. The molecular formula is C23H27N3O3. The molecule has 1 N–H and O–H groups in total. The standard InChI is InChI=1S/C23H27N3O3/c1-15(2)22-21(14-25-26(22)18-8-6-16(3)7-9-18)23(27)24-13-17-10-19(28-4)12-20(11-17)29-5/h6-12,14-15H,13H2,1-5H3,(H,24,27). The van der Waals surface area contributed by atoms with Gasteiger partial charge in [0, 0.05) is 12.6 Å². The monoisotopic (exact) mass is 393 g/mol. The Labute approximate surface area is 171 Å². The summed E-state index contributed by atoms with van der Waals surface area (Å²) in [5.74, 6) is 1.35. The van der Waals surface area contributed by atoms with Gasteiger partial charge in [-0.1, -0.05) is 31.5 Å². The summed E-state index contributed by atoms with van der Waals surface area (Å²) in [6, 6.07) is 13.7. The first-order chi connectivity index (χ1) is 13.9. The first kappa shape index (κ1) is 20.5. The van der Waals surface area contributed by atoms with Crippen molar-refractivity contribution in [2.24, 2.45) is 0 Å². The van der Waals surface area contributed by atoms with Crippen LogP contribution in [0.2, 0.25) is 0 Å². The molecule has 1 amide bonds. The van der Waals surface area contributed by atoms with Crippen LogP contribution >= 0.6 is 0 Å². The third-order valence-corrected chi connectivity index (χ3v) is 4.74. The minimum absolute atomic E-state index is 0.136. The SMILES string of the molecule is COc1cc(CNC(=O)c2cnn(-c3ccc(C)cc3)c2C(C)C)cc(OC)c1. The zero-order valence-electron chi connectivity index (χ0n) is 17.5. The molecule has 0 fully saturated rings. The van der Waals surface area contributed by atoms with Gasteiger partial charge in [-0.05, 0) is 42.7 Å². The van der Waals surface area contributed by atoms with Crippen molar-refractivity contribution in [2.75, 3.05) is 14.2 Å². The molecule has 1 aromatic heterocycles. The number of amides is 1. The number of benzene rings is 2. The van der Waals surface area contributed by atoms with Crippen molar-refractivity contribution < 1.29 is 14.3 Å². The van der Waals surface area contributed by atoms with Gasteiger partial charge in [0.2, 0.25) is 0 Å². The van der Waals surface area contributed by atoms with Crippen molar-refractivity contribution in [3.8, 4) is 17.2 Å². The Morgan fingerprint density at radius 2 is 1.69 bits per heavy atom. The molecule has 0 radical (unpaired) electrons. The molecule has 0 spiro atoms. The highest BCUT2D eigenvalue weighted by atomic mass is 16.5. The normalized spacial score (nSPS) is 10.8. The van der Waals surface area contributed by atoms with Crippen LogP contribution in [0.4, 0.5) is 0 Å². The van der Waals surface area contributed by atoms with Crippen LogP contribution in [0.25, 0.3) is 5.69 Å². The first-order valence-electron chi connectivity index (χ1n) is 9.58. The van der Waals surface area contributed by atoms with Gasteiger partial charge in [0.1, 0.15) is 11.5 Å². The molecule has 3 rings (SSSR count). The van der Waals surface area contributed by atoms with Gasteiger partial charge in [0.05, 0.1) is 37.4 Å². The number of ether oxygens (including phenoxy) is 2. The van der Waals surface area contributed by atoms with E-state index in [0.717, 1.165) is 16.9 Å². The number of hydrogen-bond donors (Lipinski definition) is 1. The highest BCUT2D eigenvalue weighted by Crippen LogP contribution is 2.25. The van der Waals surface area contributed by atoms with Gasteiger partial charge in [-0.25, -0.2) is 4.68 Å². The van der Waals surface area contributed by atoms with Crippen molar-refractivity contribution in [2.45, 2.75) is 33.2 Å². The molecule has 0 saturated heterocycles. The molecule has 0 unspecified atom stereocenters. The Kier molecular flexibility index (Phi) is 6.22. The van der Waals surface area contributed by atoms with E-state index in [1.807, 2.05) is 48.0 Å². The van der Waals surface area contributed by atoms with E-state index in [0.29, 0.717) is 23.6 Å². The molecule has 0 aliphatic rings. The topological polar surface area (TPSA) is 65.4 Å². The lowest BCUT2D eigenvalue weighted by atomic mass is 10.0. The second kappa shape index (κ2) is 8.82. The quantitative estimate of drug-likeness (QED) is 0.652. The van der Waals surface area contributed by atoms with E-state index in [2.05, 4.69) is 24.3 Å². The number of rotatable bonds is 7. The van der Waals surface area contributed by atoms with E-state index in [1.54, 1.807) is 26.5 Å². The maximum atomic E-state index is 12.9. The van der Waals surface area contributed by atoms with Crippen molar-refractivity contribution in [1.29, 1.82) is 0 Å². The van der Waals surface area contributed by atoms with Crippen molar-refractivity contribution in [1.82, 2.24) is 15.1 Å². The molecule has 0 saturated carbocycles. The van der Waals surface area contributed by atoms with Crippen LogP contribution in [-0.4, -0.2) is 29.9 Å². The summed E-state index contributed by atoms with van der Waals surface area (Å²) in [5.41, 5.74) is 4.48. The molecule has 0 aliphatic heterocycles. The summed E-state index contributed by atoms with van der Waals surface area (Å²) in [6.07, 6.45) is 1.64. The number of carbonyl (C=O) groups excluding carboxylic acids is 1. The molecule has 29 heavy (non-hydrogen) atoms. The third kappa shape index (κ3) is 4.59. The zero-order chi connectivity index (χ0) is 21.0. The fourth-order valence-corrected chi connectivity index (χ4v) is 3.23. The first-order valence-corrected chi connectivity index (χ1v) is 9.58. The lowest BCUT2D eigenvalue weighted by Crippen LogP contribution is -2.24. The molecule has 0 bridgehead atoms. The molecule has 152 valence electrons. The summed E-state index contributed by atoms with van der Waals surface area (Å²) in [7, 11) is 3.21. The van der Waals surface area contributed by atoms with Crippen LogP contribution in [0.1, 0.15) is 46.9 Å². The summed E-state index contributed by atoms with van der Waals surface area (Å²) >= 11 is 0. The average molecular weight is 393 g/mol. The summed E-state index contributed by atoms with van der Waals surface area (Å²) in [5, 5.41) is 7.47. The largest absolute Gasteiger partial charge is 0.497 e. The average Bonchev–Trinajstić information content (AvgIpc) is 3.17. The fraction of sp³-hybridized carbons (Fsp3) is 0.304. The second-order valence-corrected chi connectivity index (χ2v) is 7.25. The van der Waals surface area contributed by atoms with Gasteiger partial charge in [-0.2, -0.15) is 5.10 Å². The molecular weight excluding hydrogens is 366 g/mol. The number of aromatic nitrogens is 2. The number of nitrogens with one attached hydrogen (secondary N) is 1. The Hall–Kier alpha value is -3.28. The van der Waals surface area contributed by atoms with Crippen LogP contribution in [0.15, 0.2) is 48.7 Å². The van der Waals surface area contributed by atoms with Crippen LogP contribution in [-0.2, 0) is 6.54 Å². The molecule has 6 heteroatoms. The van der Waals surface area contributed by atoms with Crippen LogP contribution in [0.3, 0.4) is 0 Å². The predicted molar refractivity (Wildman–Crippen MR) is 113 cm³/mol. The third-order valence-electron chi connectivity index (χ3n) is 4.74. The Bertz CT molecular complexity index is 969. The Morgan fingerprint density at radius 1 is 1.07 bits per heavy atom. The number of carbonyl (C=O) groups is 1. The molecule has 2 aromatic carbocycles. The van der Waals surface area contributed by atoms with Gasteiger partial charge in [-0.3, -0.25) is 4.79 Å². The highest BCUT2D eigenvalue weighted by Gasteiger charge is 2.21. The molecule has 0 aliphatic carbocycles. The lowest BCUT2D eigenvalue weighted by molar-refractivity contribution is 0.0949. The molecule has 1 heterocycles. The highest BCUT2D eigenvalue weighted by molar-refractivity contribution is 5.95. The maximum absolute atomic E-state index is 12.9. The van der Waals surface area contributed by atoms with Crippen molar-refractivity contribution in [3.63, 3.8) is 0 Å². The van der Waals surface area contributed by atoms with E-state index >= 15 is 0 Å². The summed E-state index contributed by atoms with van der Waals surface area (Å²) in [6.45, 7) is 6.53. The van der Waals surface area contributed by atoms with Crippen molar-refractivity contribution >= 4 is 5.91 Å². The second-order valence-electron chi connectivity index (χ2n) is 7.25. The molecule has 6 nitrogen and oxygen atoms in total. The van der Waals surface area contributed by atoms with Gasteiger partial charge in [0.25, 0.3) is 5.91 Å². The summed E-state index contributed by atoms with van der Waals surface area (Å²) in [4.78, 5) is 12.9. The van der Waals surface area contributed by atoms with Gasteiger partial charge >= 0.3 is 0 Å². The molecule has 0 atom stereocenters. The minimum Gasteiger partial charge on any atom is -0.497 e. The Morgan fingerprint density at radius 3 is 2.24 bits per heavy atom. The van der Waals surface area contributed by atoms with Crippen LogP contribution in [0, 0.1) is 6.92 Å². The smallest absolute Gasteiger partial charge is 0.255 e. The number of aryl methyl sites for hydroxylation is 1. The van der Waals surface area contributed by atoms with Crippen molar-refractivity contribution in [3.05, 3.63) is 71.0 Å². The van der Waals surface area contributed by atoms with E-state index in [4.69, 9.17) is 9.47 Å². The maximum Gasteiger partial charge on any atom is 0.255 e. The number of hydrogen-bond acceptors (Lipinski definition) is 4. The van der Waals surface area contributed by atoms with E-state index in [9.17, 15) is 4.79 Å². The number of nitrogens with zero attached hydrogens (tertiary/aromatic N) is 2. The Balaban J connectivity index is 1.83. The number of methoxy groups -OCH3 is 2.